The van der Waals surface area contributed by atoms with Gasteiger partial charge in [-0.3, -0.25) is 9.59 Å². The van der Waals surface area contributed by atoms with Crippen LogP contribution in [0.25, 0.3) is 21.5 Å². The van der Waals surface area contributed by atoms with Gasteiger partial charge in [-0.15, -0.1) is 0 Å². The van der Waals surface area contributed by atoms with Crippen molar-refractivity contribution in [1.82, 2.24) is 9.78 Å². The molecule has 1 heterocycles. The number of nitrogens with one attached hydrogen (secondary N) is 1. The van der Waals surface area contributed by atoms with Crippen LogP contribution in [-0.2, 0) is 6.54 Å². The minimum Gasteiger partial charge on any atom is -0.320 e. The standard InChI is InChI=1S/C23H21N3O2/c1-15(2)14-26-23(28)19-12-6-5-11-18(19)21(25-26)22(27)24-20-13-7-9-16-8-3-4-10-17(16)20/h3-13,15H,14H2,1-2H3,(H,24,27). The molecule has 0 aliphatic heterocycles. The maximum Gasteiger partial charge on any atom is 0.276 e. The number of hydrogen-bond acceptors (Lipinski definition) is 3. The summed E-state index contributed by atoms with van der Waals surface area (Å²) in [5.41, 5.74) is 0.797. The van der Waals surface area contributed by atoms with Gasteiger partial charge in [0.2, 0.25) is 0 Å². The molecule has 5 heteroatoms. The summed E-state index contributed by atoms with van der Waals surface area (Å²) < 4.78 is 1.39. The van der Waals surface area contributed by atoms with Gasteiger partial charge in [-0.25, -0.2) is 4.68 Å². The minimum absolute atomic E-state index is 0.175. The Hall–Kier alpha value is -3.47. The Kier molecular flexibility index (Phi) is 4.65. The Morgan fingerprint density at radius 3 is 2.32 bits per heavy atom. The van der Waals surface area contributed by atoms with Crippen LogP contribution in [0.15, 0.2) is 71.5 Å². The molecule has 3 aromatic carbocycles. The lowest BCUT2D eigenvalue weighted by Crippen LogP contribution is -2.29. The van der Waals surface area contributed by atoms with Crippen LogP contribution in [-0.4, -0.2) is 15.7 Å². The number of hydrogen-bond donors (Lipinski definition) is 1. The summed E-state index contributed by atoms with van der Waals surface area (Å²) in [5.74, 6) is -0.0922. The highest BCUT2D eigenvalue weighted by Gasteiger charge is 2.18. The fourth-order valence-corrected chi connectivity index (χ4v) is 3.39. The molecular formula is C23H21N3O2. The number of rotatable bonds is 4. The molecule has 0 spiro atoms. The summed E-state index contributed by atoms with van der Waals surface area (Å²) in [5, 5.41) is 10.4. The van der Waals surface area contributed by atoms with Crippen molar-refractivity contribution in [3.63, 3.8) is 0 Å². The topological polar surface area (TPSA) is 64.0 Å². The van der Waals surface area contributed by atoms with E-state index in [1.807, 2.05) is 62.4 Å². The summed E-state index contributed by atoms with van der Waals surface area (Å²) in [6, 6.07) is 20.8. The van der Waals surface area contributed by atoms with E-state index in [0.29, 0.717) is 17.3 Å². The van der Waals surface area contributed by atoms with Gasteiger partial charge in [-0.2, -0.15) is 5.10 Å². The van der Waals surface area contributed by atoms with Gasteiger partial charge in [-0.05, 0) is 23.4 Å². The van der Waals surface area contributed by atoms with Crippen molar-refractivity contribution in [2.45, 2.75) is 20.4 Å². The van der Waals surface area contributed by atoms with Gasteiger partial charge in [0, 0.05) is 23.0 Å². The lowest BCUT2D eigenvalue weighted by atomic mass is 10.1. The second kappa shape index (κ2) is 7.27. The average molecular weight is 371 g/mol. The zero-order chi connectivity index (χ0) is 19.7. The normalized spacial score (nSPS) is 11.2. The van der Waals surface area contributed by atoms with Gasteiger partial charge in [0.1, 0.15) is 0 Å². The molecule has 0 saturated heterocycles. The second-order valence-electron chi connectivity index (χ2n) is 7.26. The monoisotopic (exact) mass is 371 g/mol. The zero-order valence-electron chi connectivity index (χ0n) is 15.8. The average Bonchev–Trinajstić information content (AvgIpc) is 2.70. The van der Waals surface area contributed by atoms with Gasteiger partial charge in [0.15, 0.2) is 5.69 Å². The molecule has 1 aromatic heterocycles. The molecular weight excluding hydrogens is 350 g/mol. The Balaban J connectivity index is 1.82. The predicted octanol–water partition coefficient (Wildman–Crippen LogP) is 4.46. The van der Waals surface area contributed by atoms with Crippen LogP contribution in [0, 0.1) is 5.92 Å². The quantitative estimate of drug-likeness (QED) is 0.576. The maximum absolute atomic E-state index is 13.1. The van der Waals surface area contributed by atoms with Crippen molar-refractivity contribution in [3.8, 4) is 0 Å². The molecule has 0 saturated carbocycles. The predicted molar refractivity (Wildman–Crippen MR) is 113 cm³/mol. The molecule has 0 unspecified atom stereocenters. The Morgan fingerprint density at radius 1 is 0.929 bits per heavy atom. The van der Waals surface area contributed by atoms with Gasteiger partial charge >= 0.3 is 0 Å². The Morgan fingerprint density at radius 2 is 1.57 bits per heavy atom. The van der Waals surface area contributed by atoms with Crippen molar-refractivity contribution in [1.29, 1.82) is 0 Å². The first-order chi connectivity index (χ1) is 13.5. The summed E-state index contributed by atoms with van der Waals surface area (Å²) in [7, 11) is 0. The van der Waals surface area contributed by atoms with Crippen LogP contribution in [0.3, 0.4) is 0 Å². The van der Waals surface area contributed by atoms with E-state index in [0.717, 1.165) is 16.5 Å². The Labute approximate surface area is 162 Å². The molecule has 0 fully saturated rings. The molecule has 0 atom stereocenters. The van der Waals surface area contributed by atoms with E-state index in [4.69, 9.17) is 0 Å². The highest BCUT2D eigenvalue weighted by Crippen LogP contribution is 2.24. The van der Waals surface area contributed by atoms with Gasteiger partial charge in [-0.1, -0.05) is 68.4 Å². The van der Waals surface area contributed by atoms with E-state index in [9.17, 15) is 9.59 Å². The first kappa shape index (κ1) is 17.9. The van der Waals surface area contributed by atoms with Crippen molar-refractivity contribution in [2.75, 3.05) is 5.32 Å². The molecule has 0 bridgehead atoms. The van der Waals surface area contributed by atoms with Crippen molar-refractivity contribution >= 4 is 33.1 Å². The smallest absolute Gasteiger partial charge is 0.276 e. The molecule has 4 aromatic rings. The van der Waals surface area contributed by atoms with E-state index < -0.39 is 0 Å². The molecule has 28 heavy (non-hydrogen) atoms. The van der Waals surface area contributed by atoms with E-state index in [1.165, 1.54) is 4.68 Å². The summed E-state index contributed by atoms with van der Waals surface area (Å²) in [6.45, 7) is 4.48. The van der Waals surface area contributed by atoms with E-state index in [-0.39, 0.29) is 23.1 Å². The molecule has 5 nitrogen and oxygen atoms in total. The third-order valence-electron chi connectivity index (χ3n) is 4.66. The van der Waals surface area contributed by atoms with Gasteiger partial charge < -0.3 is 5.32 Å². The number of anilines is 1. The number of fused-ring (bicyclic) bond motifs is 2. The molecule has 0 aliphatic carbocycles. The van der Waals surface area contributed by atoms with Crippen LogP contribution in [0.4, 0.5) is 5.69 Å². The molecule has 4 rings (SSSR count). The minimum atomic E-state index is -0.329. The number of amides is 1. The number of carbonyl (C=O) groups excluding carboxylic acids is 1. The van der Waals surface area contributed by atoms with E-state index in [1.54, 1.807) is 18.2 Å². The fourth-order valence-electron chi connectivity index (χ4n) is 3.39. The second-order valence-corrected chi connectivity index (χ2v) is 7.26. The zero-order valence-corrected chi connectivity index (χ0v) is 15.8. The third kappa shape index (κ3) is 3.27. The number of benzene rings is 3. The summed E-state index contributed by atoms with van der Waals surface area (Å²) >= 11 is 0. The van der Waals surface area contributed by atoms with Gasteiger partial charge in [0.25, 0.3) is 11.5 Å². The van der Waals surface area contributed by atoms with Crippen molar-refractivity contribution in [3.05, 3.63) is 82.8 Å². The van der Waals surface area contributed by atoms with E-state index >= 15 is 0 Å². The summed E-state index contributed by atoms with van der Waals surface area (Å²) in [6.07, 6.45) is 0. The number of nitrogens with zero attached hydrogens (tertiary/aromatic N) is 2. The summed E-state index contributed by atoms with van der Waals surface area (Å²) in [4.78, 5) is 25.9. The largest absolute Gasteiger partial charge is 0.320 e. The van der Waals surface area contributed by atoms with Crippen LogP contribution < -0.4 is 10.9 Å². The first-order valence-electron chi connectivity index (χ1n) is 9.33. The van der Waals surface area contributed by atoms with Crippen LogP contribution >= 0.6 is 0 Å². The molecule has 0 radical (unpaired) electrons. The first-order valence-corrected chi connectivity index (χ1v) is 9.33. The lowest BCUT2D eigenvalue weighted by molar-refractivity contribution is 0.102. The third-order valence-corrected chi connectivity index (χ3v) is 4.66. The SMILES string of the molecule is CC(C)Cn1nc(C(=O)Nc2cccc3ccccc23)c2ccccc2c1=O. The fraction of sp³-hybridized carbons (Fsp3) is 0.174. The maximum atomic E-state index is 13.1. The Bertz CT molecular complexity index is 1240. The van der Waals surface area contributed by atoms with E-state index in [2.05, 4.69) is 10.4 Å². The lowest BCUT2D eigenvalue weighted by Gasteiger charge is -2.13. The molecule has 1 amide bonds. The molecule has 0 aliphatic rings. The highest BCUT2D eigenvalue weighted by atomic mass is 16.2. The highest BCUT2D eigenvalue weighted by molar-refractivity contribution is 6.13. The molecule has 140 valence electrons. The number of aromatic nitrogens is 2. The van der Waals surface area contributed by atoms with Crippen LogP contribution in [0.2, 0.25) is 0 Å². The van der Waals surface area contributed by atoms with Gasteiger partial charge in [0.05, 0.1) is 5.39 Å². The van der Waals surface area contributed by atoms with Crippen molar-refractivity contribution < 1.29 is 4.79 Å². The number of carbonyl (C=O) groups is 1. The van der Waals surface area contributed by atoms with Crippen LogP contribution in [0.1, 0.15) is 24.3 Å². The molecule has 1 N–H and O–H groups in total. The van der Waals surface area contributed by atoms with Crippen molar-refractivity contribution in [2.24, 2.45) is 5.92 Å². The van der Waals surface area contributed by atoms with Crippen LogP contribution in [0.5, 0.6) is 0 Å².